The molecule has 0 spiro atoms. The van der Waals surface area contributed by atoms with Gasteiger partial charge in [0.15, 0.2) is 0 Å². The van der Waals surface area contributed by atoms with Crippen LogP contribution in [0, 0.1) is 0 Å². The van der Waals surface area contributed by atoms with Gasteiger partial charge in [-0.25, -0.2) is 4.98 Å². The van der Waals surface area contributed by atoms with E-state index in [1.165, 1.54) is 6.07 Å². The average molecular weight is 230 g/mol. The summed E-state index contributed by atoms with van der Waals surface area (Å²) in [5.74, 6) is 0.444. The van der Waals surface area contributed by atoms with Crippen molar-refractivity contribution in [3.63, 3.8) is 0 Å². The summed E-state index contributed by atoms with van der Waals surface area (Å²) < 4.78 is 0. The molecule has 1 heterocycles. The van der Waals surface area contributed by atoms with Crippen molar-refractivity contribution in [3.8, 4) is 0 Å². The van der Waals surface area contributed by atoms with Gasteiger partial charge >= 0.3 is 0 Å². The summed E-state index contributed by atoms with van der Waals surface area (Å²) in [7, 11) is 0. The summed E-state index contributed by atoms with van der Waals surface area (Å²) in [5, 5.41) is 3.02. The highest BCUT2D eigenvalue weighted by Gasteiger charge is 2.00. The molecular formula is C12H14N4O. The number of aryl methyl sites for hydroxylation is 1. The number of aromatic nitrogens is 2. The molecule has 5 heteroatoms. The van der Waals surface area contributed by atoms with E-state index in [0.717, 1.165) is 17.8 Å². The summed E-state index contributed by atoms with van der Waals surface area (Å²) in [5.41, 5.74) is 7.71. The minimum absolute atomic E-state index is 0.158. The van der Waals surface area contributed by atoms with Crippen LogP contribution in [-0.4, -0.2) is 9.97 Å². The summed E-state index contributed by atoms with van der Waals surface area (Å²) in [6.07, 6.45) is 0.723. The van der Waals surface area contributed by atoms with E-state index in [4.69, 9.17) is 5.73 Å². The zero-order chi connectivity index (χ0) is 12.3. The van der Waals surface area contributed by atoms with Crippen molar-refractivity contribution in [2.75, 3.05) is 11.1 Å². The van der Waals surface area contributed by atoms with Crippen molar-refractivity contribution in [2.24, 2.45) is 0 Å². The summed E-state index contributed by atoms with van der Waals surface area (Å²) in [4.78, 5) is 18.3. The molecule has 0 radical (unpaired) electrons. The average Bonchev–Trinajstić information content (AvgIpc) is 2.31. The van der Waals surface area contributed by atoms with Gasteiger partial charge in [0.05, 0.1) is 0 Å². The fraction of sp³-hybridized carbons (Fsp3) is 0.167. The third-order valence-electron chi connectivity index (χ3n) is 2.33. The van der Waals surface area contributed by atoms with Gasteiger partial charge in [-0.15, -0.1) is 0 Å². The van der Waals surface area contributed by atoms with Crippen LogP contribution in [0.3, 0.4) is 0 Å². The summed E-state index contributed by atoms with van der Waals surface area (Å²) in [6.45, 7) is 1.95. The van der Waals surface area contributed by atoms with Crippen LogP contribution in [0.4, 0.5) is 17.3 Å². The lowest BCUT2D eigenvalue weighted by Gasteiger charge is -2.06. The van der Waals surface area contributed by atoms with Gasteiger partial charge in [0.2, 0.25) is 5.95 Å². The second kappa shape index (κ2) is 4.69. The minimum atomic E-state index is -0.158. The third-order valence-corrected chi connectivity index (χ3v) is 2.33. The van der Waals surface area contributed by atoms with Crippen LogP contribution in [0.5, 0.6) is 0 Å². The van der Waals surface area contributed by atoms with Crippen molar-refractivity contribution in [3.05, 3.63) is 46.4 Å². The number of benzene rings is 1. The number of nitrogen functional groups attached to an aromatic ring is 1. The lowest BCUT2D eigenvalue weighted by atomic mass is 10.3. The normalized spacial score (nSPS) is 10.2. The van der Waals surface area contributed by atoms with Gasteiger partial charge in [0.1, 0.15) is 0 Å². The standard InChI is InChI=1S/C12H14N4O/c1-2-9-7-11(17)16-12(14-9)15-10-5-3-8(13)4-6-10/h3-7H,2,13H2,1H3,(H2,14,15,16,17). The van der Waals surface area contributed by atoms with E-state index >= 15 is 0 Å². The Morgan fingerprint density at radius 3 is 2.71 bits per heavy atom. The Hall–Kier alpha value is -2.30. The smallest absolute Gasteiger partial charge is 0.252 e. The molecule has 4 N–H and O–H groups in total. The van der Waals surface area contributed by atoms with Crippen molar-refractivity contribution in [1.29, 1.82) is 0 Å². The number of H-pyrrole nitrogens is 1. The fourth-order valence-corrected chi connectivity index (χ4v) is 1.45. The first-order valence-corrected chi connectivity index (χ1v) is 5.40. The highest BCUT2D eigenvalue weighted by molar-refractivity contribution is 5.56. The number of hydrogen-bond donors (Lipinski definition) is 3. The molecule has 0 saturated carbocycles. The first-order valence-electron chi connectivity index (χ1n) is 5.40. The van der Waals surface area contributed by atoms with Crippen molar-refractivity contribution >= 4 is 17.3 Å². The van der Waals surface area contributed by atoms with Crippen LogP contribution in [0.15, 0.2) is 35.1 Å². The molecule has 0 saturated heterocycles. The fourth-order valence-electron chi connectivity index (χ4n) is 1.45. The summed E-state index contributed by atoms with van der Waals surface area (Å²) in [6, 6.07) is 8.71. The summed E-state index contributed by atoms with van der Waals surface area (Å²) >= 11 is 0. The second-order valence-corrected chi connectivity index (χ2v) is 3.69. The number of rotatable bonds is 3. The van der Waals surface area contributed by atoms with Crippen LogP contribution in [0.2, 0.25) is 0 Å². The molecule has 2 rings (SSSR count). The maximum atomic E-state index is 11.4. The zero-order valence-corrected chi connectivity index (χ0v) is 9.53. The first kappa shape index (κ1) is 11.2. The Morgan fingerprint density at radius 1 is 1.35 bits per heavy atom. The van der Waals surface area contributed by atoms with Crippen molar-refractivity contribution in [2.45, 2.75) is 13.3 Å². The molecule has 2 aromatic rings. The van der Waals surface area contributed by atoms with E-state index in [1.54, 1.807) is 12.1 Å². The molecule has 1 aromatic heterocycles. The maximum Gasteiger partial charge on any atom is 0.252 e. The Balaban J connectivity index is 2.26. The predicted octanol–water partition coefficient (Wildman–Crippen LogP) is 1.66. The predicted molar refractivity (Wildman–Crippen MR) is 68.4 cm³/mol. The largest absolute Gasteiger partial charge is 0.399 e. The monoisotopic (exact) mass is 230 g/mol. The molecule has 1 aromatic carbocycles. The molecule has 88 valence electrons. The molecule has 0 aliphatic heterocycles. The molecular weight excluding hydrogens is 216 g/mol. The maximum absolute atomic E-state index is 11.4. The van der Waals surface area contributed by atoms with E-state index in [9.17, 15) is 4.79 Å². The zero-order valence-electron chi connectivity index (χ0n) is 9.53. The number of nitrogens with two attached hydrogens (primary N) is 1. The van der Waals surface area contributed by atoms with Gasteiger partial charge in [-0.1, -0.05) is 6.92 Å². The minimum Gasteiger partial charge on any atom is -0.399 e. The Bertz CT molecular complexity index is 559. The molecule has 0 bridgehead atoms. The molecule has 0 amide bonds. The van der Waals surface area contributed by atoms with Gasteiger partial charge in [-0.2, -0.15) is 0 Å². The molecule has 0 unspecified atom stereocenters. The number of aromatic amines is 1. The molecule has 5 nitrogen and oxygen atoms in total. The van der Waals surface area contributed by atoms with Gasteiger partial charge < -0.3 is 11.1 Å². The molecule has 0 fully saturated rings. The van der Waals surface area contributed by atoms with Crippen LogP contribution in [-0.2, 0) is 6.42 Å². The van der Waals surface area contributed by atoms with Gasteiger partial charge in [-0.05, 0) is 30.7 Å². The number of anilines is 3. The molecule has 0 aliphatic rings. The molecule has 17 heavy (non-hydrogen) atoms. The lowest BCUT2D eigenvalue weighted by Crippen LogP contribution is -2.11. The van der Waals surface area contributed by atoms with Gasteiger partial charge in [0, 0.05) is 23.1 Å². The van der Waals surface area contributed by atoms with Crippen LogP contribution >= 0.6 is 0 Å². The van der Waals surface area contributed by atoms with Gasteiger partial charge in [-0.3, -0.25) is 9.78 Å². The quantitative estimate of drug-likeness (QED) is 0.700. The van der Waals surface area contributed by atoms with Crippen LogP contribution in [0.1, 0.15) is 12.6 Å². The van der Waals surface area contributed by atoms with Crippen molar-refractivity contribution < 1.29 is 0 Å². The number of hydrogen-bond acceptors (Lipinski definition) is 4. The van der Waals surface area contributed by atoms with E-state index in [-0.39, 0.29) is 5.56 Å². The van der Waals surface area contributed by atoms with Crippen LogP contribution in [0.25, 0.3) is 0 Å². The van der Waals surface area contributed by atoms with E-state index in [2.05, 4.69) is 15.3 Å². The van der Waals surface area contributed by atoms with E-state index in [1.807, 2.05) is 19.1 Å². The Labute approximate surface area is 98.7 Å². The Morgan fingerprint density at radius 2 is 2.06 bits per heavy atom. The van der Waals surface area contributed by atoms with Gasteiger partial charge in [0.25, 0.3) is 5.56 Å². The highest BCUT2D eigenvalue weighted by Crippen LogP contribution is 2.14. The topological polar surface area (TPSA) is 83.8 Å². The first-order chi connectivity index (χ1) is 8.17. The Kier molecular flexibility index (Phi) is 3.09. The number of nitrogens with zero attached hydrogens (tertiary/aromatic N) is 1. The highest BCUT2D eigenvalue weighted by atomic mass is 16.1. The number of nitrogens with one attached hydrogen (secondary N) is 2. The van der Waals surface area contributed by atoms with Crippen molar-refractivity contribution in [1.82, 2.24) is 9.97 Å². The van der Waals surface area contributed by atoms with Crippen LogP contribution < -0.4 is 16.6 Å². The van der Waals surface area contributed by atoms with E-state index < -0.39 is 0 Å². The lowest BCUT2D eigenvalue weighted by molar-refractivity contribution is 0.986. The molecule has 0 aliphatic carbocycles. The van der Waals surface area contributed by atoms with E-state index in [0.29, 0.717) is 11.6 Å². The third kappa shape index (κ3) is 2.84. The second-order valence-electron chi connectivity index (χ2n) is 3.69. The molecule has 0 atom stereocenters. The SMILES string of the molecule is CCc1cc(=O)[nH]c(Nc2ccc(N)cc2)n1.